The van der Waals surface area contributed by atoms with Crippen LogP contribution in [0.2, 0.25) is 0 Å². The van der Waals surface area contributed by atoms with E-state index in [0.29, 0.717) is 11.8 Å². The van der Waals surface area contributed by atoms with Crippen LogP contribution in [0.3, 0.4) is 0 Å². The van der Waals surface area contributed by atoms with Crippen molar-refractivity contribution in [2.45, 2.75) is 47.1 Å². The van der Waals surface area contributed by atoms with Crippen molar-refractivity contribution >= 4 is 5.91 Å². The van der Waals surface area contributed by atoms with E-state index >= 15 is 0 Å². The number of likely N-dealkylation sites (tertiary alicyclic amines) is 1. The molecule has 0 aliphatic carbocycles. The van der Waals surface area contributed by atoms with Crippen LogP contribution in [0.4, 0.5) is 0 Å². The van der Waals surface area contributed by atoms with Crippen molar-refractivity contribution in [1.29, 1.82) is 0 Å². The van der Waals surface area contributed by atoms with E-state index in [4.69, 9.17) is 5.73 Å². The Hall–Kier alpha value is -0.570. The van der Waals surface area contributed by atoms with Gasteiger partial charge >= 0.3 is 0 Å². The molecule has 0 saturated carbocycles. The molecule has 1 rings (SSSR count). The van der Waals surface area contributed by atoms with Gasteiger partial charge in [-0.25, -0.2) is 0 Å². The lowest BCUT2D eigenvalue weighted by molar-refractivity contribution is -0.142. The first-order valence-corrected chi connectivity index (χ1v) is 6.26. The van der Waals surface area contributed by atoms with Crippen LogP contribution >= 0.6 is 0 Å². The third-order valence-electron chi connectivity index (χ3n) is 3.39. The Morgan fingerprint density at radius 1 is 1.31 bits per heavy atom. The Morgan fingerprint density at radius 2 is 1.88 bits per heavy atom. The lowest BCUT2D eigenvalue weighted by atomic mass is 9.84. The maximum atomic E-state index is 12.2. The minimum Gasteiger partial charge on any atom is -0.340 e. The predicted molar refractivity (Wildman–Crippen MR) is 67.0 cm³/mol. The maximum Gasteiger partial charge on any atom is 0.228 e. The van der Waals surface area contributed by atoms with Gasteiger partial charge in [0, 0.05) is 24.5 Å². The summed E-state index contributed by atoms with van der Waals surface area (Å²) in [5.41, 5.74) is 5.75. The smallest absolute Gasteiger partial charge is 0.228 e. The number of carbonyl (C=O) groups excluding carboxylic acids is 1. The van der Waals surface area contributed by atoms with Gasteiger partial charge in [0.2, 0.25) is 5.91 Å². The van der Waals surface area contributed by atoms with Crippen molar-refractivity contribution in [1.82, 2.24) is 4.90 Å². The minimum absolute atomic E-state index is 0.146. The molecule has 1 aliphatic rings. The molecule has 0 aromatic carbocycles. The van der Waals surface area contributed by atoms with E-state index in [0.717, 1.165) is 19.5 Å². The van der Waals surface area contributed by atoms with Crippen LogP contribution in [0.25, 0.3) is 0 Å². The summed E-state index contributed by atoms with van der Waals surface area (Å²) in [6, 6.07) is 0.146. The number of hydrogen-bond donors (Lipinski definition) is 1. The molecule has 0 aromatic heterocycles. The highest BCUT2D eigenvalue weighted by molar-refractivity contribution is 5.81. The summed E-state index contributed by atoms with van der Waals surface area (Å²) in [4.78, 5) is 14.2. The molecule has 1 amide bonds. The van der Waals surface area contributed by atoms with Gasteiger partial charge in [-0.1, -0.05) is 34.6 Å². The fourth-order valence-corrected chi connectivity index (χ4v) is 2.30. The number of amides is 1. The molecule has 3 nitrogen and oxygen atoms in total. The summed E-state index contributed by atoms with van der Waals surface area (Å²) in [5.74, 6) is 1.38. The van der Waals surface area contributed by atoms with Crippen LogP contribution in [0.5, 0.6) is 0 Å². The van der Waals surface area contributed by atoms with Gasteiger partial charge in [-0.2, -0.15) is 0 Å². The topological polar surface area (TPSA) is 46.3 Å². The first-order valence-electron chi connectivity index (χ1n) is 6.26. The second-order valence-corrected chi connectivity index (χ2v) is 6.46. The monoisotopic (exact) mass is 226 g/mol. The first kappa shape index (κ1) is 13.5. The Bertz CT molecular complexity index is 255. The lowest BCUT2D eigenvalue weighted by Gasteiger charge is -2.40. The van der Waals surface area contributed by atoms with Gasteiger partial charge in [-0.15, -0.1) is 0 Å². The fourth-order valence-electron chi connectivity index (χ4n) is 2.30. The van der Waals surface area contributed by atoms with E-state index in [9.17, 15) is 4.79 Å². The Morgan fingerprint density at radius 3 is 2.31 bits per heavy atom. The number of rotatable bonds is 1. The molecule has 2 N–H and O–H groups in total. The molecule has 16 heavy (non-hydrogen) atoms. The van der Waals surface area contributed by atoms with E-state index in [1.54, 1.807) is 0 Å². The molecule has 2 unspecified atom stereocenters. The van der Waals surface area contributed by atoms with Crippen LogP contribution in [0, 0.1) is 17.3 Å². The van der Waals surface area contributed by atoms with Crippen LogP contribution in [-0.2, 0) is 4.79 Å². The average Bonchev–Trinajstić information content (AvgIpc) is 2.14. The van der Waals surface area contributed by atoms with Crippen LogP contribution in [-0.4, -0.2) is 29.9 Å². The van der Waals surface area contributed by atoms with E-state index in [1.807, 2.05) is 25.7 Å². The highest BCUT2D eigenvalue weighted by atomic mass is 16.2. The highest BCUT2D eigenvalue weighted by Gasteiger charge is 2.34. The maximum absolute atomic E-state index is 12.2. The zero-order valence-electron chi connectivity index (χ0n) is 11.3. The number of nitrogens with zero attached hydrogens (tertiary/aromatic N) is 1. The van der Waals surface area contributed by atoms with E-state index in [1.165, 1.54) is 0 Å². The molecule has 0 spiro atoms. The van der Waals surface area contributed by atoms with Gasteiger partial charge in [-0.3, -0.25) is 4.79 Å². The van der Waals surface area contributed by atoms with Gasteiger partial charge in [0.25, 0.3) is 0 Å². The molecule has 0 radical (unpaired) electrons. The fraction of sp³-hybridized carbons (Fsp3) is 0.923. The Labute approximate surface area is 99.4 Å². The van der Waals surface area contributed by atoms with Crippen molar-refractivity contribution in [3.8, 4) is 0 Å². The lowest BCUT2D eigenvalue weighted by Crippen LogP contribution is -2.53. The normalized spacial score (nSPS) is 27.3. The molecule has 1 fully saturated rings. The van der Waals surface area contributed by atoms with E-state index in [-0.39, 0.29) is 17.4 Å². The van der Waals surface area contributed by atoms with Gasteiger partial charge < -0.3 is 10.6 Å². The third-order valence-corrected chi connectivity index (χ3v) is 3.39. The predicted octanol–water partition coefficient (Wildman–Crippen LogP) is 1.86. The second-order valence-electron chi connectivity index (χ2n) is 6.46. The van der Waals surface area contributed by atoms with Crippen molar-refractivity contribution in [2.75, 3.05) is 13.1 Å². The Kier molecular flexibility index (Phi) is 4.00. The molecule has 94 valence electrons. The van der Waals surface area contributed by atoms with E-state index < -0.39 is 0 Å². The van der Waals surface area contributed by atoms with E-state index in [2.05, 4.69) is 13.8 Å². The van der Waals surface area contributed by atoms with Crippen LogP contribution in [0.1, 0.15) is 41.0 Å². The summed E-state index contributed by atoms with van der Waals surface area (Å²) in [6.45, 7) is 11.9. The second kappa shape index (κ2) is 4.74. The SMILES string of the molecule is CC(C)C1CC(N)CN(C(=O)C(C)(C)C)C1. The quantitative estimate of drug-likeness (QED) is 0.742. The number of hydrogen-bond acceptors (Lipinski definition) is 2. The zero-order chi connectivity index (χ0) is 12.5. The number of nitrogens with two attached hydrogens (primary N) is 1. The average molecular weight is 226 g/mol. The number of carbonyl (C=O) groups is 1. The standard InChI is InChI=1S/C13H26N2O/c1-9(2)10-6-11(14)8-15(7-10)12(16)13(3,4)5/h9-11H,6-8,14H2,1-5H3. The highest BCUT2D eigenvalue weighted by Crippen LogP contribution is 2.26. The summed E-state index contributed by atoms with van der Waals surface area (Å²) < 4.78 is 0. The van der Waals surface area contributed by atoms with Gasteiger partial charge in [0.1, 0.15) is 0 Å². The molecule has 1 aliphatic heterocycles. The van der Waals surface area contributed by atoms with Crippen molar-refractivity contribution in [3.05, 3.63) is 0 Å². The van der Waals surface area contributed by atoms with Gasteiger partial charge in [0.15, 0.2) is 0 Å². The summed E-state index contributed by atoms with van der Waals surface area (Å²) >= 11 is 0. The van der Waals surface area contributed by atoms with Crippen LogP contribution in [0.15, 0.2) is 0 Å². The van der Waals surface area contributed by atoms with Crippen LogP contribution < -0.4 is 5.73 Å². The van der Waals surface area contributed by atoms with Crippen molar-refractivity contribution in [2.24, 2.45) is 23.0 Å². The third kappa shape index (κ3) is 3.21. The van der Waals surface area contributed by atoms with Crippen molar-refractivity contribution in [3.63, 3.8) is 0 Å². The molecule has 3 heteroatoms. The van der Waals surface area contributed by atoms with Gasteiger partial charge in [-0.05, 0) is 18.3 Å². The summed E-state index contributed by atoms with van der Waals surface area (Å²) in [6.07, 6.45) is 1.05. The molecule has 2 atom stereocenters. The molecular formula is C13H26N2O. The Balaban J connectivity index is 2.71. The molecule has 0 bridgehead atoms. The molecule has 0 aromatic rings. The molecule has 1 saturated heterocycles. The summed E-state index contributed by atoms with van der Waals surface area (Å²) in [5, 5.41) is 0. The zero-order valence-corrected chi connectivity index (χ0v) is 11.3. The van der Waals surface area contributed by atoms with Gasteiger partial charge in [0.05, 0.1) is 0 Å². The molecular weight excluding hydrogens is 200 g/mol. The molecule has 1 heterocycles. The van der Waals surface area contributed by atoms with Crippen molar-refractivity contribution < 1.29 is 4.79 Å². The number of piperidine rings is 1. The summed E-state index contributed by atoms with van der Waals surface area (Å²) in [7, 11) is 0. The first-order chi connectivity index (χ1) is 7.21. The largest absolute Gasteiger partial charge is 0.340 e. The minimum atomic E-state index is -0.293.